The molecule has 1 amide bonds. The van der Waals surface area contributed by atoms with E-state index in [4.69, 9.17) is 10.5 Å². The Morgan fingerprint density at radius 3 is 2.62 bits per heavy atom. The first-order valence-corrected chi connectivity index (χ1v) is 7.62. The first kappa shape index (κ1) is 17.1. The summed E-state index contributed by atoms with van der Waals surface area (Å²) >= 11 is 0. The highest BCUT2D eigenvalue weighted by molar-refractivity contribution is 7.88. The number of carbonyl (C=O) groups excluding carboxylic acids is 1. The molecule has 1 rings (SSSR count). The van der Waals surface area contributed by atoms with Crippen molar-refractivity contribution in [2.75, 3.05) is 12.8 Å². The van der Waals surface area contributed by atoms with E-state index in [0.29, 0.717) is 17.0 Å². The van der Waals surface area contributed by atoms with Gasteiger partial charge in [0.05, 0.1) is 13.2 Å². The lowest BCUT2D eigenvalue weighted by atomic mass is 10.2. The molecule has 0 unspecified atom stereocenters. The number of amides is 1. The molecule has 0 fully saturated rings. The smallest absolute Gasteiger partial charge is 0.422 e. The Morgan fingerprint density at radius 1 is 1.38 bits per heavy atom. The van der Waals surface area contributed by atoms with E-state index in [9.17, 15) is 13.2 Å². The topological polar surface area (TPSA) is 120 Å². The van der Waals surface area contributed by atoms with Crippen molar-refractivity contribution in [1.29, 1.82) is 0 Å². The Kier molecular flexibility index (Phi) is 5.79. The largest absolute Gasteiger partial charge is 0.496 e. The van der Waals surface area contributed by atoms with Gasteiger partial charge in [-0.1, -0.05) is 0 Å². The third kappa shape index (κ3) is 5.88. The molecule has 0 aliphatic heterocycles. The number of nitrogens with two attached hydrogens (primary N) is 1. The quantitative estimate of drug-likeness (QED) is 0.666. The van der Waals surface area contributed by atoms with Gasteiger partial charge in [0.2, 0.25) is 0 Å². The van der Waals surface area contributed by atoms with Crippen molar-refractivity contribution in [3.8, 4) is 5.75 Å². The second kappa shape index (κ2) is 7.14. The fraction of sp³-hybridized carbons (Fsp3) is 0.417. The van der Waals surface area contributed by atoms with E-state index in [2.05, 4.69) is 9.46 Å². The molecule has 0 atom stereocenters. The average Bonchev–Trinajstić information content (AvgIpc) is 2.35. The minimum atomic E-state index is -4.03. The molecule has 0 spiro atoms. The molecule has 118 valence electrons. The van der Waals surface area contributed by atoms with E-state index in [1.165, 1.54) is 7.11 Å². The first-order chi connectivity index (χ1) is 9.73. The number of hydrogen-bond donors (Lipinski definition) is 3. The van der Waals surface area contributed by atoms with Gasteiger partial charge in [-0.2, -0.15) is 13.1 Å². The van der Waals surface area contributed by atoms with Gasteiger partial charge in [0.15, 0.2) is 0 Å². The van der Waals surface area contributed by atoms with Gasteiger partial charge in [-0.3, -0.25) is 0 Å². The number of nitrogen functional groups attached to an aromatic ring is 1. The summed E-state index contributed by atoms with van der Waals surface area (Å²) in [7, 11) is -2.57. The molecule has 0 radical (unpaired) electrons. The van der Waals surface area contributed by atoms with Crippen LogP contribution in [-0.2, 0) is 21.5 Å². The van der Waals surface area contributed by atoms with Gasteiger partial charge in [0.1, 0.15) is 5.75 Å². The van der Waals surface area contributed by atoms with E-state index in [1.54, 1.807) is 36.8 Å². The van der Waals surface area contributed by atoms with E-state index >= 15 is 0 Å². The van der Waals surface area contributed by atoms with Crippen molar-refractivity contribution in [2.24, 2.45) is 0 Å². The standard InChI is InChI=1S/C12H19N3O5S/c1-8(2)20-12(16)15-21(17,18)14-7-9-6-10(13)4-5-11(9)19-3/h4-6,8,14H,7,13H2,1-3H3,(H,15,16). The molecular formula is C12H19N3O5S. The molecule has 1 aromatic rings. The summed E-state index contributed by atoms with van der Waals surface area (Å²) < 4.78 is 37.1. The lowest BCUT2D eigenvalue weighted by Gasteiger charge is -2.12. The molecular weight excluding hydrogens is 298 g/mol. The normalized spacial score (nSPS) is 11.2. The van der Waals surface area contributed by atoms with Crippen LogP contribution in [0.15, 0.2) is 18.2 Å². The maximum atomic E-state index is 11.7. The third-order valence-electron chi connectivity index (χ3n) is 2.32. The highest BCUT2D eigenvalue weighted by Crippen LogP contribution is 2.20. The van der Waals surface area contributed by atoms with E-state index in [-0.39, 0.29) is 6.54 Å². The number of carbonyl (C=O) groups is 1. The highest BCUT2D eigenvalue weighted by Gasteiger charge is 2.16. The second-order valence-electron chi connectivity index (χ2n) is 4.45. The summed E-state index contributed by atoms with van der Waals surface area (Å²) in [4.78, 5) is 11.3. The zero-order valence-electron chi connectivity index (χ0n) is 12.0. The van der Waals surface area contributed by atoms with Crippen molar-refractivity contribution in [1.82, 2.24) is 9.44 Å². The molecule has 0 aliphatic rings. The Morgan fingerprint density at radius 2 is 2.05 bits per heavy atom. The number of rotatable bonds is 6. The number of hydrogen-bond acceptors (Lipinski definition) is 6. The van der Waals surface area contributed by atoms with Gasteiger partial charge in [-0.25, -0.2) is 9.52 Å². The first-order valence-electron chi connectivity index (χ1n) is 6.14. The van der Waals surface area contributed by atoms with Crippen LogP contribution in [0.4, 0.5) is 10.5 Å². The van der Waals surface area contributed by atoms with Crippen LogP contribution in [-0.4, -0.2) is 27.7 Å². The molecule has 0 saturated carbocycles. The number of methoxy groups -OCH3 is 1. The summed E-state index contributed by atoms with van der Waals surface area (Å²) in [6.07, 6.45) is -1.47. The molecule has 0 aromatic heterocycles. The van der Waals surface area contributed by atoms with Gasteiger partial charge >= 0.3 is 16.3 Å². The summed E-state index contributed by atoms with van der Waals surface area (Å²) in [5.74, 6) is 0.483. The number of nitrogens with one attached hydrogen (secondary N) is 2. The van der Waals surface area contributed by atoms with Gasteiger partial charge < -0.3 is 15.2 Å². The number of anilines is 1. The zero-order valence-corrected chi connectivity index (χ0v) is 12.9. The average molecular weight is 317 g/mol. The second-order valence-corrected chi connectivity index (χ2v) is 5.95. The van der Waals surface area contributed by atoms with E-state index in [1.807, 2.05) is 0 Å². The van der Waals surface area contributed by atoms with Gasteiger partial charge in [-0.05, 0) is 32.0 Å². The molecule has 8 nitrogen and oxygen atoms in total. The SMILES string of the molecule is COc1ccc(N)cc1CNS(=O)(=O)NC(=O)OC(C)C. The Bertz CT molecular complexity index is 601. The monoisotopic (exact) mass is 317 g/mol. The summed E-state index contributed by atoms with van der Waals surface area (Å²) in [6.45, 7) is 3.13. The predicted octanol–water partition coefficient (Wildman–Crippen LogP) is 0.746. The Labute approximate surface area is 123 Å². The third-order valence-corrected chi connectivity index (χ3v) is 3.28. The van der Waals surface area contributed by atoms with Crippen molar-refractivity contribution in [2.45, 2.75) is 26.5 Å². The Hall–Kier alpha value is -2.00. The molecule has 4 N–H and O–H groups in total. The van der Waals surface area contributed by atoms with E-state index < -0.39 is 22.4 Å². The van der Waals surface area contributed by atoms with Crippen molar-refractivity contribution in [3.63, 3.8) is 0 Å². The summed E-state index contributed by atoms with van der Waals surface area (Å²) in [5, 5.41) is 0. The van der Waals surface area contributed by atoms with Crippen LogP contribution < -0.4 is 19.9 Å². The fourth-order valence-corrected chi connectivity index (χ4v) is 2.18. The predicted molar refractivity (Wildman–Crippen MR) is 77.9 cm³/mol. The fourth-order valence-electron chi connectivity index (χ4n) is 1.49. The van der Waals surface area contributed by atoms with Crippen LogP contribution in [0.3, 0.4) is 0 Å². The van der Waals surface area contributed by atoms with Crippen molar-refractivity contribution in [3.05, 3.63) is 23.8 Å². The lowest BCUT2D eigenvalue weighted by molar-refractivity contribution is 0.121. The molecule has 1 aromatic carbocycles. The molecule has 0 aliphatic carbocycles. The lowest BCUT2D eigenvalue weighted by Crippen LogP contribution is -2.40. The van der Waals surface area contributed by atoms with Crippen LogP contribution in [0.25, 0.3) is 0 Å². The minimum Gasteiger partial charge on any atom is -0.496 e. The van der Waals surface area contributed by atoms with Crippen molar-refractivity contribution < 1.29 is 22.7 Å². The maximum Gasteiger partial charge on any atom is 0.422 e. The maximum absolute atomic E-state index is 11.7. The molecule has 0 bridgehead atoms. The zero-order chi connectivity index (χ0) is 16.0. The molecule has 0 heterocycles. The summed E-state index contributed by atoms with van der Waals surface area (Å²) in [6, 6.07) is 4.84. The highest BCUT2D eigenvalue weighted by atomic mass is 32.2. The van der Waals surface area contributed by atoms with Crippen molar-refractivity contribution >= 4 is 22.0 Å². The summed E-state index contributed by atoms with van der Waals surface area (Å²) in [5.41, 5.74) is 6.65. The van der Waals surface area contributed by atoms with Crippen LogP contribution in [0.2, 0.25) is 0 Å². The number of ether oxygens (including phenoxy) is 2. The van der Waals surface area contributed by atoms with Crippen LogP contribution in [0.1, 0.15) is 19.4 Å². The van der Waals surface area contributed by atoms with Crippen LogP contribution in [0.5, 0.6) is 5.75 Å². The van der Waals surface area contributed by atoms with Crippen LogP contribution >= 0.6 is 0 Å². The molecule has 0 saturated heterocycles. The van der Waals surface area contributed by atoms with Crippen LogP contribution in [0, 0.1) is 0 Å². The molecule has 9 heteroatoms. The molecule has 21 heavy (non-hydrogen) atoms. The van der Waals surface area contributed by atoms with Gasteiger partial charge in [0.25, 0.3) is 0 Å². The van der Waals surface area contributed by atoms with E-state index in [0.717, 1.165) is 0 Å². The minimum absolute atomic E-state index is 0.0848. The Balaban J connectivity index is 2.69. The van der Waals surface area contributed by atoms with Gasteiger partial charge in [0, 0.05) is 17.8 Å². The number of benzene rings is 1. The van der Waals surface area contributed by atoms with Gasteiger partial charge in [-0.15, -0.1) is 0 Å².